The molecule has 2 rings (SSSR count). The van der Waals surface area contributed by atoms with Gasteiger partial charge in [-0.3, -0.25) is 9.59 Å². The normalized spacial score (nSPS) is 36.9. The lowest BCUT2D eigenvalue weighted by Crippen LogP contribution is -2.63. The molecular weight excluding hydrogens is 260 g/mol. The molecule has 5 heteroatoms. The Morgan fingerprint density at radius 2 is 1.85 bits per heavy atom. The third-order valence-corrected chi connectivity index (χ3v) is 5.06. The van der Waals surface area contributed by atoms with Gasteiger partial charge in [-0.25, -0.2) is 0 Å². The second-order valence-corrected chi connectivity index (χ2v) is 5.90. The summed E-state index contributed by atoms with van der Waals surface area (Å²) in [6, 6.07) is 0. The van der Waals surface area contributed by atoms with E-state index in [-0.39, 0.29) is 5.97 Å². The molecule has 20 heavy (non-hydrogen) atoms. The molecular formula is C15H24O5. The molecule has 0 aromatic heterocycles. The first-order valence-electron chi connectivity index (χ1n) is 7.49. The average Bonchev–Trinajstić information content (AvgIpc) is 2.45. The van der Waals surface area contributed by atoms with Crippen molar-refractivity contribution < 1.29 is 24.2 Å². The molecule has 0 saturated heterocycles. The van der Waals surface area contributed by atoms with Gasteiger partial charge in [0.25, 0.3) is 0 Å². The van der Waals surface area contributed by atoms with Crippen molar-refractivity contribution in [1.82, 2.24) is 0 Å². The van der Waals surface area contributed by atoms with Crippen LogP contribution in [0.5, 0.6) is 0 Å². The molecule has 0 aromatic rings. The van der Waals surface area contributed by atoms with E-state index in [0.717, 1.165) is 19.3 Å². The summed E-state index contributed by atoms with van der Waals surface area (Å²) in [4.78, 5) is 24.5. The fourth-order valence-electron chi connectivity index (χ4n) is 4.08. The van der Waals surface area contributed by atoms with Crippen LogP contribution >= 0.6 is 0 Å². The molecule has 1 N–H and O–H groups in total. The second-order valence-electron chi connectivity index (χ2n) is 5.90. The number of carbonyl (C=O) groups is 2. The number of aliphatic hydroxyl groups is 1. The number of methoxy groups -OCH3 is 1. The summed E-state index contributed by atoms with van der Waals surface area (Å²) in [6.07, 6.45) is 4.67. The first kappa shape index (κ1) is 15.3. The Labute approximate surface area is 119 Å². The van der Waals surface area contributed by atoms with Crippen LogP contribution in [-0.4, -0.2) is 36.4 Å². The summed E-state index contributed by atoms with van der Waals surface area (Å²) in [7, 11) is 1.33. The van der Waals surface area contributed by atoms with E-state index in [9.17, 15) is 14.7 Å². The zero-order valence-electron chi connectivity index (χ0n) is 12.3. The third-order valence-electron chi connectivity index (χ3n) is 5.06. The van der Waals surface area contributed by atoms with Crippen LogP contribution in [0.25, 0.3) is 0 Å². The van der Waals surface area contributed by atoms with Crippen molar-refractivity contribution in [1.29, 1.82) is 0 Å². The number of carbonyl (C=O) groups excluding carboxylic acids is 2. The molecule has 3 atom stereocenters. The van der Waals surface area contributed by atoms with Gasteiger partial charge in [0.2, 0.25) is 0 Å². The molecule has 0 heterocycles. The van der Waals surface area contributed by atoms with Gasteiger partial charge in [0, 0.05) is 0 Å². The Bertz CT molecular complexity index is 390. The molecule has 2 fully saturated rings. The molecule has 114 valence electrons. The van der Waals surface area contributed by atoms with Gasteiger partial charge in [0.1, 0.15) is 0 Å². The van der Waals surface area contributed by atoms with Crippen molar-refractivity contribution in [2.24, 2.45) is 11.3 Å². The lowest BCUT2D eigenvalue weighted by molar-refractivity contribution is -0.212. The highest BCUT2D eigenvalue weighted by atomic mass is 16.5. The predicted octanol–water partition coefficient (Wildman–Crippen LogP) is 1.81. The van der Waals surface area contributed by atoms with E-state index in [1.165, 1.54) is 7.11 Å². The quantitative estimate of drug-likeness (QED) is 0.800. The zero-order valence-corrected chi connectivity index (χ0v) is 12.3. The van der Waals surface area contributed by atoms with Gasteiger partial charge in [-0.1, -0.05) is 19.3 Å². The molecule has 0 unspecified atom stereocenters. The number of esters is 2. The van der Waals surface area contributed by atoms with Crippen LogP contribution in [-0.2, 0) is 19.1 Å². The van der Waals surface area contributed by atoms with Gasteiger partial charge in [0.05, 0.1) is 30.7 Å². The molecule has 2 aliphatic rings. The van der Waals surface area contributed by atoms with Crippen molar-refractivity contribution in [2.75, 3.05) is 13.7 Å². The summed E-state index contributed by atoms with van der Waals surface area (Å²) in [5.74, 6) is -1.38. The van der Waals surface area contributed by atoms with Crippen LogP contribution in [0.3, 0.4) is 0 Å². The summed E-state index contributed by atoms with van der Waals surface area (Å²) in [5.41, 5.74) is -2.25. The molecule has 0 amide bonds. The highest BCUT2D eigenvalue weighted by Gasteiger charge is 2.64. The summed E-state index contributed by atoms with van der Waals surface area (Å²) in [5, 5.41) is 11.2. The number of ether oxygens (including phenoxy) is 2. The third kappa shape index (κ3) is 2.12. The Kier molecular flexibility index (Phi) is 4.37. The van der Waals surface area contributed by atoms with E-state index >= 15 is 0 Å². The smallest absolute Gasteiger partial charge is 0.315 e. The molecule has 0 spiro atoms. The second kappa shape index (κ2) is 5.72. The first-order valence-corrected chi connectivity index (χ1v) is 7.49. The van der Waals surface area contributed by atoms with Gasteiger partial charge in [-0.15, -0.1) is 0 Å². The molecule has 0 bridgehead atoms. The van der Waals surface area contributed by atoms with E-state index in [4.69, 9.17) is 9.47 Å². The van der Waals surface area contributed by atoms with Gasteiger partial charge >= 0.3 is 11.9 Å². The Morgan fingerprint density at radius 1 is 1.20 bits per heavy atom. The monoisotopic (exact) mass is 284 g/mol. The van der Waals surface area contributed by atoms with Crippen molar-refractivity contribution >= 4 is 11.9 Å². The van der Waals surface area contributed by atoms with E-state index in [1.54, 1.807) is 6.92 Å². The van der Waals surface area contributed by atoms with Gasteiger partial charge in [0.15, 0.2) is 0 Å². The fourth-order valence-corrected chi connectivity index (χ4v) is 4.08. The minimum Gasteiger partial charge on any atom is -0.469 e. The van der Waals surface area contributed by atoms with Crippen molar-refractivity contribution in [2.45, 2.75) is 57.5 Å². The molecule has 0 radical (unpaired) electrons. The van der Waals surface area contributed by atoms with E-state index in [1.807, 2.05) is 0 Å². The van der Waals surface area contributed by atoms with Crippen LogP contribution in [0.15, 0.2) is 0 Å². The van der Waals surface area contributed by atoms with Crippen LogP contribution < -0.4 is 0 Å². The fraction of sp³-hybridized carbons (Fsp3) is 0.867. The maximum atomic E-state index is 12.5. The van der Waals surface area contributed by atoms with Gasteiger partial charge < -0.3 is 14.6 Å². The molecule has 2 saturated carbocycles. The van der Waals surface area contributed by atoms with Crippen LogP contribution in [0.1, 0.15) is 51.9 Å². The summed E-state index contributed by atoms with van der Waals surface area (Å²) in [6.45, 7) is 2.05. The topological polar surface area (TPSA) is 72.8 Å². The van der Waals surface area contributed by atoms with E-state index < -0.39 is 22.9 Å². The number of fused-ring (bicyclic) bond motifs is 1. The summed E-state index contributed by atoms with van der Waals surface area (Å²) < 4.78 is 10.1. The van der Waals surface area contributed by atoms with Crippen LogP contribution in [0.2, 0.25) is 0 Å². The standard InChI is InChI=1S/C15H24O5/c1-3-20-13(17)14-8-4-5-10-15(14,18)11(7-6-9-14)12(16)19-2/h11,18H,3-10H2,1-2H3/t11-,14+,15+/m1/s1. The maximum Gasteiger partial charge on any atom is 0.315 e. The Morgan fingerprint density at radius 3 is 2.50 bits per heavy atom. The SMILES string of the molecule is CCOC(=O)[C@@]12CCCC[C@]1(O)[C@@H](C(=O)OC)CCC2. The van der Waals surface area contributed by atoms with Crippen molar-refractivity contribution in [3.63, 3.8) is 0 Å². The van der Waals surface area contributed by atoms with E-state index in [2.05, 4.69) is 0 Å². The van der Waals surface area contributed by atoms with E-state index in [0.29, 0.717) is 32.3 Å². The van der Waals surface area contributed by atoms with Crippen molar-refractivity contribution in [3.8, 4) is 0 Å². The van der Waals surface area contributed by atoms with Crippen LogP contribution in [0, 0.1) is 11.3 Å². The van der Waals surface area contributed by atoms with Crippen molar-refractivity contribution in [3.05, 3.63) is 0 Å². The molecule has 0 aliphatic heterocycles. The lowest BCUT2D eigenvalue weighted by atomic mass is 9.52. The maximum absolute atomic E-state index is 12.5. The largest absolute Gasteiger partial charge is 0.469 e. The summed E-state index contributed by atoms with van der Waals surface area (Å²) >= 11 is 0. The molecule has 0 aromatic carbocycles. The zero-order chi connectivity index (χ0) is 14.8. The Hall–Kier alpha value is -1.10. The Balaban J connectivity index is 2.40. The number of hydrogen-bond acceptors (Lipinski definition) is 5. The number of rotatable bonds is 3. The molecule has 5 nitrogen and oxygen atoms in total. The predicted molar refractivity (Wildman–Crippen MR) is 71.8 cm³/mol. The minimum absolute atomic E-state index is 0.291. The highest BCUT2D eigenvalue weighted by molar-refractivity contribution is 5.82. The highest BCUT2D eigenvalue weighted by Crippen LogP contribution is 2.56. The molecule has 2 aliphatic carbocycles. The number of hydrogen-bond donors (Lipinski definition) is 1. The first-order chi connectivity index (χ1) is 9.52. The van der Waals surface area contributed by atoms with Gasteiger partial charge in [-0.2, -0.15) is 0 Å². The average molecular weight is 284 g/mol. The lowest BCUT2D eigenvalue weighted by Gasteiger charge is -2.54. The van der Waals surface area contributed by atoms with Gasteiger partial charge in [-0.05, 0) is 32.6 Å². The van der Waals surface area contributed by atoms with Crippen LogP contribution in [0.4, 0.5) is 0 Å². The minimum atomic E-state index is -1.32.